The first-order valence-corrected chi connectivity index (χ1v) is 11.6. The van der Waals surface area contributed by atoms with Crippen molar-refractivity contribution < 1.29 is 8.78 Å². The molecule has 33 heavy (non-hydrogen) atoms. The van der Waals surface area contributed by atoms with E-state index in [4.69, 9.17) is 5.10 Å². The van der Waals surface area contributed by atoms with Crippen molar-refractivity contribution in [3.63, 3.8) is 0 Å². The smallest absolute Gasteiger partial charge is 0.214 e. The highest BCUT2D eigenvalue weighted by Crippen LogP contribution is 2.28. The minimum absolute atomic E-state index is 0.233. The van der Waals surface area contributed by atoms with Crippen LogP contribution in [0.1, 0.15) is 5.56 Å². The molecular weight excluding hydrogens is 442 g/mol. The molecule has 0 radical (unpaired) electrons. The summed E-state index contributed by atoms with van der Waals surface area (Å²) in [6, 6.07) is 13.2. The minimum Gasteiger partial charge on any atom is -0.344 e. The Bertz CT molecular complexity index is 1410. The molecule has 0 bridgehead atoms. The molecule has 1 fully saturated rings. The topological polar surface area (TPSA) is 49.6 Å². The highest BCUT2D eigenvalue weighted by molar-refractivity contribution is 7.20. The van der Waals surface area contributed by atoms with Gasteiger partial charge in [0, 0.05) is 49.9 Å². The molecule has 6 rings (SSSR count). The van der Waals surface area contributed by atoms with Gasteiger partial charge in [-0.25, -0.2) is 18.3 Å². The highest BCUT2D eigenvalue weighted by Gasteiger charge is 2.22. The van der Waals surface area contributed by atoms with Gasteiger partial charge in [0.2, 0.25) is 10.1 Å². The van der Waals surface area contributed by atoms with E-state index in [1.807, 2.05) is 12.3 Å². The van der Waals surface area contributed by atoms with Crippen LogP contribution in [0.25, 0.3) is 27.1 Å². The summed E-state index contributed by atoms with van der Waals surface area (Å²) in [5.74, 6) is -0.494. The average Bonchev–Trinajstić information content (AvgIpc) is 3.42. The molecule has 6 nitrogen and oxygen atoms in total. The average molecular weight is 463 g/mol. The molecule has 0 unspecified atom stereocenters. The van der Waals surface area contributed by atoms with Crippen molar-refractivity contribution in [2.24, 2.45) is 0 Å². The molecule has 2 aromatic carbocycles. The molecule has 0 saturated carbocycles. The van der Waals surface area contributed by atoms with E-state index in [2.05, 4.69) is 19.8 Å². The summed E-state index contributed by atoms with van der Waals surface area (Å²) in [5.41, 5.74) is 3.43. The van der Waals surface area contributed by atoms with Gasteiger partial charge in [0.05, 0.1) is 17.4 Å². The van der Waals surface area contributed by atoms with Gasteiger partial charge in [0.15, 0.2) is 0 Å². The van der Waals surface area contributed by atoms with Crippen LogP contribution in [0.5, 0.6) is 0 Å². The third-order valence-corrected chi connectivity index (χ3v) is 6.99. The fourth-order valence-electron chi connectivity index (χ4n) is 4.24. The maximum Gasteiger partial charge on any atom is 0.214 e. The molecule has 0 atom stereocenters. The van der Waals surface area contributed by atoms with Crippen LogP contribution < -0.4 is 4.90 Å². The molecule has 0 aliphatic carbocycles. The molecule has 5 aromatic rings. The first kappa shape index (κ1) is 20.2. The summed E-state index contributed by atoms with van der Waals surface area (Å²) in [4.78, 5) is 14.5. The zero-order valence-electron chi connectivity index (χ0n) is 17.7. The number of benzene rings is 2. The van der Waals surface area contributed by atoms with Gasteiger partial charge >= 0.3 is 0 Å². The lowest BCUT2D eigenvalue weighted by atomic mass is 10.1. The second-order valence-electron chi connectivity index (χ2n) is 8.11. The lowest BCUT2D eigenvalue weighted by Crippen LogP contribution is -2.46. The summed E-state index contributed by atoms with van der Waals surface area (Å²) in [6.07, 6.45) is 3.59. The summed E-state index contributed by atoms with van der Waals surface area (Å²) in [5, 5.41) is 6.22. The van der Waals surface area contributed by atoms with E-state index in [1.54, 1.807) is 46.3 Å². The highest BCUT2D eigenvalue weighted by atomic mass is 32.1. The van der Waals surface area contributed by atoms with E-state index >= 15 is 0 Å². The predicted octanol–water partition coefficient (Wildman–Crippen LogP) is 4.61. The minimum atomic E-state index is -0.261. The first-order valence-electron chi connectivity index (χ1n) is 10.8. The standard InChI is InChI=1S/C24H20F2N6S/c25-18-6-3-16(4-7-18)21-15-32-23(28-21)33-24(29-32)31-12-10-30(11-13-31)14-17-5-8-20(26)19-2-1-9-27-22(17)19/h1-9,15H,10-14H2. The van der Waals surface area contributed by atoms with Gasteiger partial charge in [0.25, 0.3) is 0 Å². The number of halogens is 2. The van der Waals surface area contributed by atoms with Crippen molar-refractivity contribution >= 4 is 32.3 Å². The van der Waals surface area contributed by atoms with E-state index in [9.17, 15) is 8.78 Å². The van der Waals surface area contributed by atoms with Crippen molar-refractivity contribution in [3.8, 4) is 11.3 Å². The van der Waals surface area contributed by atoms with Gasteiger partial charge in [-0.3, -0.25) is 9.88 Å². The van der Waals surface area contributed by atoms with Gasteiger partial charge in [0.1, 0.15) is 11.6 Å². The number of nitrogens with zero attached hydrogens (tertiary/aromatic N) is 6. The predicted molar refractivity (Wildman–Crippen MR) is 125 cm³/mol. The van der Waals surface area contributed by atoms with Crippen LogP contribution in [0.2, 0.25) is 0 Å². The van der Waals surface area contributed by atoms with Crippen molar-refractivity contribution in [3.05, 3.63) is 78.1 Å². The van der Waals surface area contributed by atoms with Gasteiger partial charge in [-0.05, 0) is 48.0 Å². The third-order valence-electron chi connectivity index (χ3n) is 6.01. The number of anilines is 1. The summed E-state index contributed by atoms with van der Waals surface area (Å²) < 4.78 is 29.1. The summed E-state index contributed by atoms with van der Waals surface area (Å²) in [7, 11) is 0. The Labute approximate surface area is 192 Å². The van der Waals surface area contributed by atoms with Crippen molar-refractivity contribution in [2.75, 3.05) is 31.1 Å². The summed E-state index contributed by atoms with van der Waals surface area (Å²) in [6.45, 7) is 4.22. The number of rotatable bonds is 4. The van der Waals surface area contributed by atoms with Gasteiger partial charge < -0.3 is 4.90 Å². The Morgan fingerprint density at radius 2 is 1.76 bits per heavy atom. The van der Waals surface area contributed by atoms with Crippen LogP contribution in [0.4, 0.5) is 13.9 Å². The largest absolute Gasteiger partial charge is 0.344 e. The Morgan fingerprint density at radius 1 is 0.939 bits per heavy atom. The van der Waals surface area contributed by atoms with Gasteiger partial charge in [-0.1, -0.05) is 17.4 Å². The van der Waals surface area contributed by atoms with Crippen LogP contribution in [0, 0.1) is 11.6 Å². The lowest BCUT2D eigenvalue weighted by Gasteiger charge is -2.34. The molecule has 0 N–H and O–H groups in total. The number of aromatic nitrogens is 4. The van der Waals surface area contributed by atoms with Crippen molar-refractivity contribution in [1.82, 2.24) is 24.5 Å². The maximum atomic E-state index is 14.1. The quantitative estimate of drug-likeness (QED) is 0.391. The number of hydrogen-bond donors (Lipinski definition) is 0. The molecule has 1 aliphatic rings. The fourth-order valence-corrected chi connectivity index (χ4v) is 5.17. The molecule has 0 amide bonds. The van der Waals surface area contributed by atoms with Crippen LogP contribution in [0.3, 0.4) is 0 Å². The molecule has 1 aliphatic heterocycles. The molecule has 9 heteroatoms. The van der Waals surface area contributed by atoms with E-state index in [-0.39, 0.29) is 11.6 Å². The maximum absolute atomic E-state index is 14.1. The molecule has 166 valence electrons. The molecule has 4 heterocycles. The SMILES string of the molecule is Fc1ccc(-c2cn3nc(N4CCN(Cc5ccc(F)c6cccnc56)CC4)sc3n2)cc1. The second kappa shape index (κ2) is 8.17. The van der Waals surface area contributed by atoms with Crippen molar-refractivity contribution in [2.45, 2.75) is 6.54 Å². The lowest BCUT2D eigenvalue weighted by molar-refractivity contribution is 0.250. The van der Waals surface area contributed by atoms with Crippen LogP contribution in [-0.4, -0.2) is 50.7 Å². The number of piperazine rings is 1. The molecule has 3 aromatic heterocycles. The van der Waals surface area contributed by atoms with E-state index in [0.717, 1.165) is 65.2 Å². The normalized spacial score (nSPS) is 15.0. The number of pyridine rings is 1. The molecule has 1 saturated heterocycles. The van der Waals surface area contributed by atoms with Crippen molar-refractivity contribution in [1.29, 1.82) is 0 Å². The Kier molecular flexibility index (Phi) is 5.00. The number of fused-ring (bicyclic) bond motifs is 2. The Hall–Kier alpha value is -3.43. The summed E-state index contributed by atoms with van der Waals surface area (Å²) >= 11 is 1.55. The Morgan fingerprint density at radius 3 is 2.55 bits per heavy atom. The molecular formula is C24H20F2N6S. The van der Waals surface area contributed by atoms with E-state index < -0.39 is 0 Å². The zero-order chi connectivity index (χ0) is 22.4. The van der Waals surface area contributed by atoms with Crippen LogP contribution in [-0.2, 0) is 6.54 Å². The first-order chi connectivity index (χ1) is 16.1. The van der Waals surface area contributed by atoms with E-state index in [1.165, 1.54) is 18.2 Å². The third kappa shape index (κ3) is 3.83. The zero-order valence-corrected chi connectivity index (χ0v) is 18.5. The Balaban J connectivity index is 1.14. The van der Waals surface area contributed by atoms with E-state index in [0.29, 0.717) is 5.39 Å². The van der Waals surface area contributed by atoms with Gasteiger partial charge in [-0.15, -0.1) is 5.10 Å². The second-order valence-corrected chi connectivity index (χ2v) is 9.05. The number of hydrogen-bond acceptors (Lipinski definition) is 6. The molecule has 0 spiro atoms. The number of imidazole rings is 1. The fraction of sp³-hybridized carbons (Fsp3) is 0.208. The van der Waals surface area contributed by atoms with Crippen LogP contribution >= 0.6 is 11.3 Å². The van der Waals surface area contributed by atoms with Gasteiger partial charge in [-0.2, -0.15) is 0 Å². The monoisotopic (exact) mass is 462 g/mol. The van der Waals surface area contributed by atoms with Crippen LogP contribution in [0.15, 0.2) is 60.9 Å².